The van der Waals surface area contributed by atoms with Crippen molar-refractivity contribution in [3.05, 3.63) is 83.5 Å². The Kier molecular flexibility index (Phi) is 10.2. The molecule has 0 fully saturated rings. The van der Waals surface area contributed by atoms with Gasteiger partial charge in [0.25, 0.3) is 0 Å². The molecule has 0 amide bonds. The number of anilines is 1. The Morgan fingerprint density at radius 2 is 1.95 bits per heavy atom. The molecule has 0 bridgehead atoms. The molecule has 7 nitrogen and oxygen atoms in total. The van der Waals surface area contributed by atoms with Gasteiger partial charge in [0.1, 0.15) is 18.0 Å². The second-order valence-corrected chi connectivity index (χ2v) is 10.7. The van der Waals surface area contributed by atoms with Crippen LogP contribution in [-0.2, 0) is 11.3 Å². The number of nitrogens with zero attached hydrogens (tertiary/aromatic N) is 3. The Labute approximate surface area is 244 Å². The first-order chi connectivity index (χ1) is 19.9. The van der Waals surface area contributed by atoms with Gasteiger partial charge in [-0.2, -0.15) is 9.97 Å². The Morgan fingerprint density at radius 1 is 1.12 bits per heavy atom. The molecule has 7 heteroatoms. The average molecular weight is 554 g/mol. The number of hydrogen-bond donors (Lipinski definition) is 2. The van der Waals surface area contributed by atoms with E-state index in [9.17, 15) is 0 Å². The van der Waals surface area contributed by atoms with Gasteiger partial charge in [-0.05, 0) is 71.2 Å². The second-order valence-electron chi connectivity index (χ2n) is 10.7. The molecule has 1 aromatic carbocycles. The predicted molar refractivity (Wildman–Crippen MR) is 169 cm³/mol. The van der Waals surface area contributed by atoms with Crippen LogP contribution >= 0.6 is 0 Å². The van der Waals surface area contributed by atoms with Crippen LogP contribution < -0.4 is 10.1 Å². The van der Waals surface area contributed by atoms with Gasteiger partial charge < -0.3 is 19.8 Å². The van der Waals surface area contributed by atoms with E-state index in [-0.39, 0.29) is 0 Å². The number of unbranched alkanes of at least 4 members (excludes halogenated alkanes) is 1. The molecule has 4 rings (SSSR count). The normalized spacial score (nSPS) is 12.5. The molecule has 4 aromatic rings. The van der Waals surface area contributed by atoms with E-state index in [2.05, 4.69) is 91.8 Å². The SMILES string of the molecule is C=C/C(=C\c1cc(-c2c[nH]c3nc(NC)nc(OCc4cncc(C(C)CC)c4)c23)ccc1C(C)C)OCCCC. The van der Waals surface area contributed by atoms with Crippen molar-refractivity contribution in [2.24, 2.45) is 0 Å². The number of nitrogens with one attached hydrogen (secondary N) is 2. The highest BCUT2D eigenvalue weighted by molar-refractivity contribution is 5.98. The van der Waals surface area contributed by atoms with E-state index in [0.717, 1.165) is 52.7 Å². The maximum atomic E-state index is 6.37. The molecule has 3 heterocycles. The monoisotopic (exact) mass is 553 g/mol. The highest BCUT2D eigenvalue weighted by Gasteiger charge is 2.18. The molecule has 0 radical (unpaired) electrons. The Hall–Kier alpha value is -4.13. The van der Waals surface area contributed by atoms with Gasteiger partial charge in [-0.25, -0.2) is 0 Å². The molecule has 0 aliphatic heterocycles. The maximum absolute atomic E-state index is 6.37. The molecule has 1 atom stereocenters. The number of H-pyrrole nitrogens is 1. The Bertz CT molecular complexity index is 1500. The highest BCUT2D eigenvalue weighted by Crippen LogP contribution is 2.37. The van der Waals surface area contributed by atoms with Gasteiger partial charge in [0.2, 0.25) is 11.8 Å². The van der Waals surface area contributed by atoms with Crippen LogP contribution in [0, 0.1) is 0 Å². The molecule has 0 saturated carbocycles. The number of allylic oxidation sites excluding steroid dienone is 1. The van der Waals surface area contributed by atoms with E-state index < -0.39 is 0 Å². The van der Waals surface area contributed by atoms with Gasteiger partial charge in [0.05, 0.1) is 12.0 Å². The third-order valence-corrected chi connectivity index (χ3v) is 7.38. The molecule has 216 valence electrons. The minimum Gasteiger partial charge on any atom is -0.494 e. The summed E-state index contributed by atoms with van der Waals surface area (Å²) in [6.07, 6.45) is 12.8. The first kappa shape index (κ1) is 29.8. The first-order valence-electron chi connectivity index (χ1n) is 14.6. The summed E-state index contributed by atoms with van der Waals surface area (Å²) in [5, 5.41) is 3.89. The molecule has 2 N–H and O–H groups in total. The fourth-order valence-corrected chi connectivity index (χ4v) is 4.73. The fraction of sp³-hybridized carbons (Fsp3) is 0.382. The van der Waals surface area contributed by atoms with E-state index in [0.29, 0.717) is 42.5 Å². The van der Waals surface area contributed by atoms with Crippen molar-refractivity contribution in [2.45, 2.75) is 72.3 Å². The van der Waals surface area contributed by atoms with Gasteiger partial charge in [-0.3, -0.25) is 4.98 Å². The topological polar surface area (TPSA) is 85.0 Å². The minimum absolute atomic E-state index is 0.347. The molecule has 0 spiro atoms. The molecule has 0 saturated heterocycles. The van der Waals surface area contributed by atoms with Crippen LogP contribution in [0.3, 0.4) is 0 Å². The summed E-state index contributed by atoms with van der Waals surface area (Å²) >= 11 is 0. The Morgan fingerprint density at radius 3 is 2.66 bits per heavy atom. The number of hydrogen-bond acceptors (Lipinski definition) is 6. The van der Waals surface area contributed by atoms with Crippen molar-refractivity contribution in [2.75, 3.05) is 19.0 Å². The Balaban J connectivity index is 1.75. The zero-order valence-corrected chi connectivity index (χ0v) is 25.3. The van der Waals surface area contributed by atoms with Crippen molar-refractivity contribution < 1.29 is 9.47 Å². The van der Waals surface area contributed by atoms with Gasteiger partial charge in [-0.15, -0.1) is 0 Å². The van der Waals surface area contributed by atoms with E-state index in [4.69, 9.17) is 14.5 Å². The third-order valence-electron chi connectivity index (χ3n) is 7.38. The molecule has 41 heavy (non-hydrogen) atoms. The maximum Gasteiger partial charge on any atom is 0.228 e. The van der Waals surface area contributed by atoms with Gasteiger partial charge in [-0.1, -0.05) is 59.8 Å². The lowest BCUT2D eigenvalue weighted by Gasteiger charge is -2.15. The second kappa shape index (κ2) is 14.0. The van der Waals surface area contributed by atoms with Crippen LogP contribution in [0.15, 0.2) is 61.3 Å². The van der Waals surface area contributed by atoms with E-state index in [1.807, 2.05) is 18.6 Å². The standard InChI is InChI=1S/C34H43N5O2/c1-8-11-14-40-28(10-3)17-26-16-25(12-13-29(26)22(4)5)30-20-37-32-31(30)33(39-34(35-7)38-32)41-21-24-15-27(19-36-18-24)23(6)9-2/h10,12-13,15-20,22-23H,3,8-9,11,14,21H2,1-2,4-7H3,(H2,35,37,38,39)/b28-17+. The lowest BCUT2D eigenvalue weighted by molar-refractivity contribution is 0.222. The average Bonchev–Trinajstić information content (AvgIpc) is 3.43. The zero-order valence-electron chi connectivity index (χ0n) is 25.3. The van der Waals surface area contributed by atoms with Crippen molar-refractivity contribution >= 4 is 23.1 Å². The lowest BCUT2D eigenvalue weighted by atomic mass is 9.93. The first-order valence-corrected chi connectivity index (χ1v) is 14.6. The van der Waals surface area contributed by atoms with Crippen molar-refractivity contribution in [1.82, 2.24) is 19.9 Å². The van der Waals surface area contributed by atoms with Crippen LogP contribution in [0.2, 0.25) is 0 Å². The number of rotatable bonds is 14. The molecule has 1 unspecified atom stereocenters. The van der Waals surface area contributed by atoms with E-state index >= 15 is 0 Å². The quantitative estimate of drug-likeness (QED) is 0.0924. The number of fused-ring (bicyclic) bond motifs is 1. The van der Waals surface area contributed by atoms with Crippen LogP contribution in [0.25, 0.3) is 28.2 Å². The lowest BCUT2D eigenvalue weighted by Crippen LogP contribution is -2.04. The number of ether oxygens (including phenoxy) is 2. The summed E-state index contributed by atoms with van der Waals surface area (Å²) in [4.78, 5) is 17.2. The summed E-state index contributed by atoms with van der Waals surface area (Å²) in [5.41, 5.74) is 7.28. The van der Waals surface area contributed by atoms with Gasteiger partial charge in [0, 0.05) is 36.8 Å². The largest absolute Gasteiger partial charge is 0.494 e. The molecule has 3 aromatic heterocycles. The smallest absolute Gasteiger partial charge is 0.228 e. The van der Waals surface area contributed by atoms with Crippen LogP contribution in [0.1, 0.15) is 88.0 Å². The van der Waals surface area contributed by atoms with Crippen LogP contribution in [-0.4, -0.2) is 33.6 Å². The van der Waals surface area contributed by atoms with Gasteiger partial charge >= 0.3 is 0 Å². The van der Waals surface area contributed by atoms with Gasteiger partial charge in [0.15, 0.2) is 0 Å². The molecular weight excluding hydrogens is 510 g/mol. The van der Waals surface area contributed by atoms with E-state index in [1.165, 1.54) is 11.1 Å². The molecular formula is C34H43N5O2. The van der Waals surface area contributed by atoms with Crippen molar-refractivity contribution in [3.8, 4) is 17.0 Å². The van der Waals surface area contributed by atoms with Crippen molar-refractivity contribution in [1.29, 1.82) is 0 Å². The number of benzene rings is 1. The predicted octanol–water partition coefficient (Wildman–Crippen LogP) is 8.62. The van der Waals surface area contributed by atoms with Crippen LogP contribution in [0.4, 0.5) is 5.95 Å². The number of pyridine rings is 1. The summed E-state index contributed by atoms with van der Waals surface area (Å²) in [5.74, 6) is 2.57. The summed E-state index contributed by atoms with van der Waals surface area (Å²) in [6.45, 7) is 16.0. The van der Waals surface area contributed by atoms with E-state index in [1.54, 1.807) is 13.1 Å². The van der Waals surface area contributed by atoms with Crippen LogP contribution in [0.5, 0.6) is 5.88 Å². The third kappa shape index (κ3) is 7.15. The summed E-state index contributed by atoms with van der Waals surface area (Å²) in [7, 11) is 1.80. The number of aromatic nitrogens is 4. The number of aromatic amines is 1. The fourth-order valence-electron chi connectivity index (χ4n) is 4.73. The minimum atomic E-state index is 0.347. The zero-order chi connectivity index (χ0) is 29.4. The highest BCUT2D eigenvalue weighted by atomic mass is 16.5. The summed E-state index contributed by atoms with van der Waals surface area (Å²) in [6, 6.07) is 8.70. The van der Waals surface area contributed by atoms with Crippen molar-refractivity contribution in [3.63, 3.8) is 0 Å². The summed E-state index contributed by atoms with van der Waals surface area (Å²) < 4.78 is 12.4. The molecule has 0 aliphatic rings. The molecule has 0 aliphatic carbocycles.